The summed E-state index contributed by atoms with van der Waals surface area (Å²) in [6, 6.07) is 10.2. The third-order valence-electron chi connectivity index (χ3n) is 2.88. The van der Waals surface area contributed by atoms with Crippen molar-refractivity contribution >= 4 is 49.9 Å². The molecular formula is C14H12BrN3S2. The van der Waals surface area contributed by atoms with Gasteiger partial charge in [-0.3, -0.25) is 0 Å². The Morgan fingerprint density at radius 1 is 1.30 bits per heavy atom. The second-order valence-electron chi connectivity index (χ2n) is 4.21. The van der Waals surface area contributed by atoms with E-state index < -0.39 is 0 Å². The molecule has 0 bridgehead atoms. The highest BCUT2D eigenvalue weighted by atomic mass is 79.9. The van der Waals surface area contributed by atoms with Crippen LogP contribution in [-0.2, 0) is 0 Å². The van der Waals surface area contributed by atoms with Crippen molar-refractivity contribution in [2.75, 3.05) is 6.54 Å². The van der Waals surface area contributed by atoms with Gasteiger partial charge in [-0.25, -0.2) is 9.97 Å². The molecule has 20 heavy (non-hydrogen) atoms. The maximum Gasteiger partial charge on any atom is 0.117 e. The number of rotatable bonds is 4. The van der Waals surface area contributed by atoms with Crippen LogP contribution in [0, 0.1) is 0 Å². The van der Waals surface area contributed by atoms with Crippen molar-refractivity contribution in [1.82, 2.24) is 9.97 Å². The average Bonchev–Trinajstić information content (AvgIpc) is 2.91. The van der Waals surface area contributed by atoms with Crippen LogP contribution in [0.2, 0.25) is 0 Å². The number of benzene rings is 1. The van der Waals surface area contributed by atoms with E-state index in [1.807, 2.05) is 18.2 Å². The van der Waals surface area contributed by atoms with Crippen molar-refractivity contribution in [3.63, 3.8) is 0 Å². The topological polar surface area (TPSA) is 51.8 Å². The zero-order valence-corrected chi connectivity index (χ0v) is 13.7. The molecule has 2 aromatic heterocycles. The summed E-state index contributed by atoms with van der Waals surface area (Å²) < 4.78 is 1.10. The van der Waals surface area contributed by atoms with Gasteiger partial charge in [0.05, 0.1) is 10.8 Å². The number of thiophene rings is 1. The molecule has 0 aliphatic carbocycles. The molecule has 0 aliphatic rings. The van der Waals surface area contributed by atoms with Gasteiger partial charge < -0.3 is 5.73 Å². The lowest BCUT2D eigenvalue weighted by atomic mass is 10.2. The van der Waals surface area contributed by atoms with Crippen LogP contribution in [0.15, 0.2) is 51.5 Å². The molecule has 3 aromatic rings. The Kier molecular flexibility index (Phi) is 4.35. The standard InChI is InChI=1S/C14H12BrN3S2/c15-9-5-12(19-7-9)13(6-16)20-14-10-3-1-2-4-11(10)17-8-18-14/h1-5,7-8,13H,6,16H2. The molecule has 1 aromatic carbocycles. The first-order chi connectivity index (χ1) is 9.78. The molecule has 0 saturated heterocycles. The Labute approximate surface area is 133 Å². The summed E-state index contributed by atoms with van der Waals surface area (Å²) in [5.41, 5.74) is 6.90. The third kappa shape index (κ3) is 2.88. The zero-order chi connectivity index (χ0) is 13.9. The van der Waals surface area contributed by atoms with E-state index in [9.17, 15) is 0 Å². The Morgan fingerprint density at radius 3 is 2.90 bits per heavy atom. The van der Waals surface area contributed by atoms with E-state index >= 15 is 0 Å². The van der Waals surface area contributed by atoms with E-state index in [1.54, 1.807) is 29.4 Å². The number of nitrogens with zero attached hydrogens (tertiary/aromatic N) is 2. The minimum Gasteiger partial charge on any atom is -0.329 e. The summed E-state index contributed by atoms with van der Waals surface area (Å²) in [5, 5.41) is 4.35. The smallest absolute Gasteiger partial charge is 0.117 e. The highest BCUT2D eigenvalue weighted by Crippen LogP contribution is 2.39. The number of hydrogen-bond acceptors (Lipinski definition) is 5. The Balaban J connectivity index is 1.95. The fourth-order valence-corrected chi connectivity index (χ4v) is 4.63. The monoisotopic (exact) mass is 365 g/mol. The van der Waals surface area contributed by atoms with Crippen molar-refractivity contribution < 1.29 is 0 Å². The number of para-hydroxylation sites is 1. The predicted octanol–water partition coefficient (Wildman–Crippen LogP) is 4.25. The molecule has 6 heteroatoms. The molecule has 1 atom stereocenters. The summed E-state index contributed by atoms with van der Waals surface area (Å²) in [6.07, 6.45) is 1.61. The SMILES string of the molecule is NCC(Sc1ncnc2ccccc12)c1cc(Br)cs1. The number of nitrogens with two attached hydrogens (primary N) is 1. The minimum atomic E-state index is 0.213. The molecule has 0 spiro atoms. The molecule has 0 fully saturated rings. The summed E-state index contributed by atoms with van der Waals surface area (Å²) in [7, 11) is 0. The average molecular weight is 366 g/mol. The lowest BCUT2D eigenvalue weighted by Gasteiger charge is -2.13. The second kappa shape index (κ2) is 6.22. The van der Waals surface area contributed by atoms with Crippen LogP contribution in [-0.4, -0.2) is 16.5 Å². The van der Waals surface area contributed by atoms with Crippen LogP contribution in [0.1, 0.15) is 10.1 Å². The van der Waals surface area contributed by atoms with Gasteiger partial charge in [-0.05, 0) is 28.1 Å². The van der Waals surface area contributed by atoms with E-state index in [0.29, 0.717) is 6.54 Å². The number of fused-ring (bicyclic) bond motifs is 1. The lowest BCUT2D eigenvalue weighted by molar-refractivity contribution is 0.953. The fourth-order valence-electron chi connectivity index (χ4n) is 1.93. The van der Waals surface area contributed by atoms with Crippen LogP contribution in [0.5, 0.6) is 0 Å². The van der Waals surface area contributed by atoms with Gasteiger partial charge in [0.15, 0.2) is 0 Å². The van der Waals surface area contributed by atoms with Gasteiger partial charge in [0.2, 0.25) is 0 Å². The first-order valence-corrected chi connectivity index (χ1v) is 8.63. The molecule has 2 heterocycles. The highest BCUT2D eigenvalue weighted by molar-refractivity contribution is 9.10. The molecule has 1 unspecified atom stereocenters. The van der Waals surface area contributed by atoms with E-state index in [-0.39, 0.29) is 5.25 Å². The second-order valence-corrected chi connectivity index (χ2v) is 7.26. The maximum absolute atomic E-state index is 5.93. The lowest BCUT2D eigenvalue weighted by Crippen LogP contribution is -2.08. The Hall–Kier alpha value is -0.950. The Morgan fingerprint density at radius 2 is 2.15 bits per heavy atom. The van der Waals surface area contributed by atoms with Gasteiger partial charge >= 0.3 is 0 Å². The highest BCUT2D eigenvalue weighted by Gasteiger charge is 2.16. The molecule has 3 nitrogen and oxygen atoms in total. The maximum atomic E-state index is 5.93. The van der Waals surface area contributed by atoms with Crippen LogP contribution in [0.4, 0.5) is 0 Å². The number of thioether (sulfide) groups is 1. The quantitative estimate of drug-likeness (QED) is 0.554. The minimum absolute atomic E-state index is 0.213. The fraction of sp³-hybridized carbons (Fsp3) is 0.143. The predicted molar refractivity (Wildman–Crippen MR) is 89.2 cm³/mol. The van der Waals surface area contributed by atoms with E-state index in [1.165, 1.54) is 4.88 Å². The largest absolute Gasteiger partial charge is 0.329 e. The summed E-state index contributed by atoms with van der Waals surface area (Å²) in [4.78, 5) is 9.96. The van der Waals surface area contributed by atoms with Crippen LogP contribution in [0.25, 0.3) is 10.9 Å². The van der Waals surface area contributed by atoms with E-state index in [2.05, 4.69) is 43.4 Å². The molecule has 102 valence electrons. The van der Waals surface area contributed by atoms with Crippen LogP contribution < -0.4 is 5.73 Å². The molecule has 2 N–H and O–H groups in total. The van der Waals surface area contributed by atoms with Crippen molar-refractivity contribution in [2.45, 2.75) is 10.3 Å². The number of halogens is 1. The van der Waals surface area contributed by atoms with Crippen LogP contribution in [0.3, 0.4) is 0 Å². The van der Waals surface area contributed by atoms with E-state index in [0.717, 1.165) is 20.4 Å². The van der Waals surface area contributed by atoms with Gasteiger partial charge in [-0.15, -0.1) is 11.3 Å². The van der Waals surface area contributed by atoms with E-state index in [4.69, 9.17) is 5.73 Å². The normalized spacial score (nSPS) is 12.7. The van der Waals surface area contributed by atoms with Crippen molar-refractivity contribution in [2.24, 2.45) is 5.73 Å². The van der Waals surface area contributed by atoms with Gasteiger partial charge in [0.1, 0.15) is 11.4 Å². The van der Waals surface area contributed by atoms with Crippen molar-refractivity contribution in [3.8, 4) is 0 Å². The summed E-state index contributed by atoms with van der Waals surface area (Å²) >= 11 is 6.90. The number of hydrogen-bond donors (Lipinski definition) is 1. The molecule has 0 aliphatic heterocycles. The summed E-state index contributed by atoms with van der Waals surface area (Å²) in [6.45, 7) is 0.579. The molecular weight excluding hydrogens is 354 g/mol. The van der Waals surface area contributed by atoms with Gasteiger partial charge in [-0.2, -0.15) is 0 Å². The third-order valence-corrected chi connectivity index (χ3v) is 6.12. The molecule has 3 rings (SSSR count). The molecule has 0 saturated carbocycles. The Bertz CT molecular complexity index is 724. The van der Waals surface area contributed by atoms with Gasteiger partial charge in [0, 0.05) is 26.7 Å². The first kappa shape index (κ1) is 14.0. The van der Waals surface area contributed by atoms with Gasteiger partial charge in [0.25, 0.3) is 0 Å². The molecule has 0 radical (unpaired) electrons. The molecule has 0 amide bonds. The van der Waals surface area contributed by atoms with Crippen molar-refractivity contribution in [1.29, 1.82) is 0 Å². The number of aromatic nitrogens is 2. The van der Waals surface area contributed by atoms with Crippen molar-refractivity contribution in [3.05, 3.63) is 51.4 Å². The first-order valence-electron chi connectivity index (χ1n) is 6.08. The van der Waals surface area contributed by atoms with Crippen LogP contribution >= 0.6 is 39.0 Å². The summed E-state index contributed by atoms with van der Waals surface area (Å²) in [5.74, 6) is 0. The van der Waals surface area contributed by atoms with Gasteiger partial charge in [-0.1, -0.05) is 30.0 Å². The zero-order valence-electron chi connectivity index (χ0n) is 10.5.